The molecule has 2 aliphatic rings. The van der Waals surface area contributed by atoms with Crippen LogP contribution >= 0.6 is 0 Å². The molecule has 0 aliphatic carbocycles. The molecule has 1 aromatic heterocycles. The summed E-state index contributed by atoms with van der Waals surface area (Å²) in [6, 6.07) is 5.24. The highest BCUT2D eigenvalue weighted by atomic mass is 16.2. The molecular formula is C16H24N4O. The average Bonchev–Trinajstić information content (AvgIpc) is 2.71. The maximum atomic E-state index is 11.9. The van der Waals surface area contributed by atoms with Crippen molar-refractivity contribution in [1.29, 1.82) is 0 Å². The van der Waals surface area contributed by atoms with Gasteiger partial charge in [0, 0.05) is 45.5 Å². The second kappa shape index (κ2) is 5.64. The highest BCUT2D eigenvalue weighted by Crippen LogP contribution is 2.30. The molecule has 2 bridgehead atoms. The lowest BCUT2D eigenvalue weighted by molar-refractivity contribution is 0.0827. The summed E-state index contributed by atoms with van der Waals surface area (Å²) in [5, 5.41) is 0. The first-order chi connectivity index (χ1) is 10.1. The lowest BCUT2D eigenvalue weighted by atomic mass is 10.1. The highest BCUT2D eigenvalue weighted by Gasteiger charge is 2.34. The van der Waals surface area contributed by atoms with Crippen molar-refractivity contribution in [3.63, 3.8) is 0 Å². The van der Waals surface area contributed by atoms with Crippen LogP contribution in [-0.4, -0.2) is 67.0 Å². The highest BCUT2D eigenvalue weighted by molar-refractivity contribution is 5.93. The standard InChI is InChI=1S/C16H24N4O/c1-18(2)16(21)12-4-7-15(17-10-12)20-9-8-13-5-6-14(11-20)19(13)3/h4,7,10,13-14H,5-6,8-9,11H2,1-3H3/t13-,14+/m0/s1. The summed E-state index contributed by atoms with van der Waals surface area (Å²) in [6.45, 7) is 2.10. The van der Waals surface area contributed by atoms with Crippen molar-refractivity contribution in [2.45, 2.75) is 31.3 Å². The molecule has 114 valence electrons. The summed E-state index contributed by atoms with van der Waals surface area (Å²) in [6.07, 6.45) is 5.52. The van der Waals surface area contributed by atoms with Crippen LogP contribution in [0.4, 0.5) is 5.82 Å². The van der Waals surface area contributed by atoms with Gasteiger partial charge in [0.05, 0.1) is 5.56 Å². The first-order valence-corrected chi connectivity index (χ1v) is 7.71. The van der Waals surface area contributed by atoms with E-state index in [-0.39, 0.29) is 5.91 Å². The lowest BCUT2D eigenvalue weighted by Gasteiger charge is -2.26. The van der Waals surface area contributed by atoms with Crippen LogP contribution in [0, 0.1) is 0 Å². The van der Waals surface area contributed by atoms with Crippen LogP contribution in [-0.2, 0) is 0 Å². The molecule has 0 aromatic carbocycles. The fourth-order valence-corrected chi connectivity index (χ4v) is 3.47. The molecule has 5 nitrogen and oxygen atoms in total. The van der Waals surface area contributed by atoms with Crippen LogP contribution in [0.5, 0.6) is 0 Å². The molecule has 21 heavy (non-hydrogen) atoms. The minimum Gasteiger partial charge on any atom is -0.355 e. The van der Waals surface area contributed by atoms with Crippen LogP contribution in [0.25, 0.3) is 0 Å². The number of carbonyl (C=O) groups excluding carboxylic acids is 1. The van der Waals surface area contributed by atoms with Gasteiger partial charge in [-0.2, -0.15) is 0 Å². The number of pyridine rings is 1. The Labute approximate surface area is 126 Å². The van der Waals surface area contributed by atoms with E-state index in [1.807, 2.05) is 12.1 Å². The van der Waals surface area contributed by atoms with Crippen LogP contribution in [0.2, 0.25) is 0 Å². The maximum Gasteiger partial charge on any atom is 0.254 e. The van der Waals surface area contributed by atoms with Crippen molar-refractivity contribution in [3.8, 4) is 0 Å². The van der Waals surface area contributed by atoms with Gasteiger partial charge in [-0.15, -0.1) is 0 Å². The Balaban J connectivity index is 1.74. The van der Waals surface area contributed by atoms with Gasteiger partial charge < -0.3 is 9.80 Å². The van der Waals surface area contributed by atoms with Gasteiger partial charge in [0.15, 0.2) is 0 Å². The Morgan fingerprint density at radius 1 is 1.24 bits per heavy atom. The minimum absolute atomic E-state index is 0.00343. The van der Waals surface area contributed by atoms with E-state index in [4.69, 9.17) is 0 Å². The van der Waals surface area contributed by atoms with Gasteiger partial charge in [-0.25, -0.2) is 4.98 Å². The fourth-order valence-electron chi connectivity index (χ4n) is 3.47. The van der Waals surface area contributed by atoms with Crippen molar-refractivity contribution in [3.05, 3.63) is 23.9 Å². The van der Waals surface area contributed by atoms with Gasteiger partial charge in [-0.3, -0.25) is 9.69 Å². The number of fused-ring (bicyclic) bond motifs is 2. The molecule has 3 rings (SSSR count). The summed E-state index contributed by atoms with van der Waals surface area (Å²) < 4.78 is 0. The zero-order valence-electron chi connectivity index (χ0n) is 13.1. The van der Waals surface area contributed by atoms with E-state index in [0.29, 0.717) is 11.6 Å². The van der Waals surface area contributed by atoms with Gasteiger partial charge in [-0.05, 0) is 38.4 Å². The molecule has 1 aromatic rings. The third-order valence-electron chi connectivity index (χ3n) is 4.87. The largest absolute Gasteiger partial charge is 0.355 e. The predicted molar refractivity (Wildman–Crippen MR) is 83.7 cm³/mol. The number of rotatable bonds is 2. The fraction of sp³-hybridized carbons (Fsp3) is 0.625. The van der Waals surface area contributed by atoms with E-state index in [1.165, 1.54) is 19.3 Å². The van der Waals surface area contributed by atoms with Crippen molar-refractivity contribution in [2.24, 2.45) is 0 Å². The van der Waals surface area contributed by atoms with Crippen molar-refractivity contribution < 1.29 is 4.79 Å². The monoisotopic (exact) mass is 288 g/mol. The van der Waals surface area contributed by atoms with Crippen molar-refractivity contribution in [1.82, 2.24) is 14.8 Å². The SMILES string of the molecule is CN(C)C(=O)c1ccc(N2CC[C@@H]3CC[C@H](C2)N3C)nc1. The van der Waals surface area contributed by atoms with Crippen LogP contribution < -0.4 is 4.90 Å². The van der Waals surface area contributed by atoms with Gasteiger partial charge in [0.25, 0.3) is 5.91 Å². The smallest absolute Gasteiger partial charge is 0.254 e. The predicted octanol–water partition coefficient (Wildman–Crippen LogP) is 1.46. The first-order valence-electron chi connectivity index (χ1n) is 7.71. The number of anilines is 1. The Hall–Kier alpha value is -1.62. The third-order valence-corrected chi connectivity index (χ3v) is 4.87. The second-order valence-electron chi connectivity index (χ2n) is 6.39. The summed E-state index contributed by atoms with van der Waals surface area (Å²) in [4.78, 5) is 22.9. The van der Waals surface area contributed by atoms with Gasteiger partial charge in [0.1, 0.15) is 5.82 Å². The van der Waals surface area contributed by atoms with Crippen LogP contribution in [0.1, 0.15) is 29.6 Å². The van der Waals surface area contributed by atoms with E-state index < -0.39 is 0 Å². The molecule has 2 atom stereocenters. The molecule has 1 amide bonds. The topological polar surface area (TPSA) is 39.7 Å². The van der Waals surface area contributed by atoms with E-state index >= 15 is 0 Å². The molecule has 0 radical (unpaired) electrons. The Morgan fingerprint density at radius 2 is 2.00 bits per heavy atom. The molecule has 2 saturated heterocycles. The number of carbonyl (C=O) groups is 1. The van der Waals surface area contributed by atoms with Crippen molar-refractivity contribution in [2.75, 3.05) is 39.1 Å². The summed E-state index contributed by atoms with van der Waals surface area (Å²) in [7, 11) is 5.77. The Bertz CT molecular complexity index is 514. The summed E-state index contributed by atoms with van der Waals surface area (Å²) in [5.74, 6) is 0.995. The zero-order valence-corrected chi connectivity index (χ0v) is 13.1. The molecule has 0 unspecified atom stereocenters. The number of hydrogen-bond donors (Lipinski definition) is 0. The second-order valence-corrected chi connectivity index (χ2v) is 6.39. The number of likely N-dealkylation sites (N-methyl/N-ethyl adjacent to an activating group) is 1. The molecule has 0 saturated carbocycles. The van der Waals surface area contributed by atoms with Gasteiger partial charge in [-0.1, -0.05) is 0 Å². The molecule has 0 spiro atoms. The summed E-state index contributed by atoms with van der Waals surface area (Å²) in [5.41, 5.74) is 0.650. The van der Waals surface area contributed by atoms with E-state index in [9.17, 15) is 4.79 Å². The Kier molecular flexibility index (Phi) is 3.85. The van der Waals surface area contributed by atoms with E-state index in [0.717, 1.165) is 24.9 Å². The molecular weight excluding hydrogens is 264 g/mol. The zero-order chi connectivity index (χ0) is 15.0. The Morgan fingerprint density at radius 3 is 2.67 bits per heavy atom. The molecule has 5 heteroatoms. The number of aromatic nitrogens is 1. The normalized spacial score (nSPS) is 25.8. The molecule has 3 heterocycles. The van der Waals surface area contributed by atoms with E-state index in [1.54, 1.807) is 25.2 Å². The van der Waals surface area contributed by atoms with Gasteiger partial charge in [0.2, 0.25) is 0 Å². The minimum atomic E-state index is 0.00343. The lowest BCUT2D eigenvalue weighted by Crippen LogP contribution is -2.37. The van der Waals surface area contributed by atoms with Crippen molar-refractivity contribution >= 4 is 11.7 Å². The average molecular weight is 288 g/mol. The first kappa shape index (κ1) is 14.3. The third kappa shape index (κ3) is 2.75. The number of amides is 1. The number of hydrogen-bond acceptors (Lipinski definition) is 4. The van der Waals surface area contributed by atoms with Gasteiger partial charge >= 0.3 is 0 Å². The van der Waals surface area contributed by atoms with Crippen LogP contribution in [0.3, 0.4) is 0 Å². The number of nitrogens with zero attached hydrogens (tertiary/aromatic N) is 4. The molecule has 0 N–H and O–H groups in total. The van der Waals surface area contributed by atoms with Crippen LogP contribution in [0.15, 0.2) is 18.3 Å². The molecule has 2 aliphatic heterocycles. The summed E-state index contributed by atoms with van der Waals surface area (Å²) >= 11 is 0. The molecule has 2 fully saturated rings. The quantitative estimate of drug-likeness (QED) is 0.826. The maximum absolute atomic E-state index is 11.9. The van der Waals surface area contributed by atoms with E-state index in [2.05, 4.69) is 21.8 Å².